The smallest absolute Gasteiger partial charge is 0.0351 e. The van der Waals surface area contributed by atoms with Crippen LogP contribution in [0.5, 0.6) is 0 Å². The van der Waals surface area contributed by atoms with Crippen molar-refractivity contribution in [2.75, 3.05) is 13.6 Å². The van der Waals surface area contributed by atoms with E-state index in [4.69, 9.17) is 0 Å². The van der Waals surface area contributed by atoms with Gasteiger partial charge in [-0.3, -0.25) is 4.90 Å². The molecule has 0 bridgehead atoms. The Bertz CT molecular complexity index is 661. The number of allylic oxidation sites excluding steroid dienone is 1. The van der Waals surface area contributed by atoms with Crippen molar-refractivity contribution in [3.05, 3.63) is 53.1 Å². The molecule has 0 saturated carbocycles. The summed E-state index contributed by atoms with van der Waals surface area (Å²) in [4.78, 5) is 7.82. The quantitative estimate of drug-likeness (QED) is 0.648. The lowest BCUT2D eigenvalue weighted by Crippen LogP contribution is -2.44. The van der Waals surface area contributed by atoms with E-state index in [-0.39, 0.29) is 0 Å². The van der Waals surface area contributed by atoms with Crippen LogP contribution in [0.4, 0.5) is 0 Å². The minimum atomic E-state index is 0.579. The highest BCUT2D eigenvalue weighted by Gasteiger charge is 2.32. The van der Waals surface area contributed by atoms with Crippen LogP contribution in [-0.2, 0) is 0 Å². The van der Waals surface area contributed by atoms with Crippen LogP contribution in [0.15, 0.2) is 52.4 Å². The van der Waals surface area contributed by atoms with Crippen molar-refractivity contribution in [1.82, 2.24) is 9.80 Å². The van der Waals surface area contributed by atoms with Crippen LogP contribution in [-0.4, -0.2) is 35.5 Å². The number of nitrogens with zero attached hydrogens (tertiary/aromatic N) is 2. The van der Waals surface area contributed by atoms with Crippen LogP contribution in [0, 0.1) is 0 Å². The number of rotatable bonds is 3. The predicted molar refractivity (Wildman–Crippen MR) is 112 cm³/mol. The van der Waals surface area contributed by atoms with Crippen molar-refractivity contribution < 1.29 is 0 Å². The molecule has 0 amide bonds. The molecule has 1 aromatic carbocycles. The molecule has 0 spiro atoms. The maximum absolute atomic E-state index is 2.81. The number of fused-ring (bicyclic) bond motifs is 1. The molecule has 3 aliphatic heterocycles. The molecule has 2 fully saturated rings. The molecule has 26 heavy (non-hydrogen) atoms. The molecule has 4 rings (SSSR count). The first kappa shape index (κ1) is 18.2. The van der Waals surface area contributed by atoms with Crippen molar-refractivity contribution >= 4 is 11.8 Å². The van der Waals surface area contributed by atoms with Gasteiger partial charge < -0.3 is 4.90 Å². The predicted octanol–water partition coefficient (Wildman–Crippen LogP) is 5.98. The fraction of sp³-hybridized carbons (Fsp3) is 0.565. The maximum Gasteiger partial charge on any atom is 0.0351 e. The van der Waals surface area contributed by atoms with Gasteiger partial charge in [0, 0.05) is 41.2 Å². The van der Waals surface area contributed by atoms with Gasteiger partial charge >= 0.3 is 0 Å². The highest BCUT2D eigenvalue weighted by molar-refractivity contribution is 8.03. The molecular weight excluding hydrogens is 336 g/mol. The molecule has 140 valence electrons. The Labute approximate surface area is 163 Å². The minimum absolute atomic E-state index is 0.579. The molecule has 3 aliphatic rings. The summed E-state index contributed by atoms with van der Waals surface area (Å²) in [5.74, 6) is 0. The standard InChI is InChI=1S/C23H32N2S/c1-18-9-12-22(15-17-24(18)2)26-21-13-10-19(11-14-21)23-8-5-7-20-6-3-4-16-25(20)23/h10-15,17-18,20,23H,3-9,16H2,1-2H3. The number of hydrogen-bond acceptors (Lipinski definition) is 3. The first-order chi connectivity index (χ1) is 12.7. The average molecular weight is 369 g/mol. The second-order valence-corrected chi connectivity index (χ2v) is 9.32. The Morgan fingerprint density at radius 1 is 1.00 bits per heavy atom. The molecule has 0 aliphatic carbocycles. The van der Waals surface area contributed by atoms with Gasteiger partial charge in [-0.1, -0.05) is 36.4 Å². The molecule has 0 N–H and O–H groups in total. The van der Waals surface area contributed by atoms with Gasteiger partial charge in [0.2, 0.25) is 0 Å². The third-order valence-corrected chi connectivity index (χ3v) is 7.46. The summed E-state index contributed by atoms with van der Waals surface area (Å²) in [6.45, 7) is 3.58. The number of hydrogen-bond donors (Lipinski definition) is 0. The molecule has 3 unspecified atom stereocenters. The van der Waals surface area contributed by atoms with Crippen molar-refractivity contribution in [2.24, 2.45) is 0 Å². The maximum atomic E-state index is 2.81. The van der Waals surface area contributed by atoms with Gasteiger partial charge in [-0.2, -0.15) is 0 Å². The molecule has 3 heteroatoms. The molecule has 2 nitrogen and oxygen atoms in total. The van der Waals surface area contributed by atoms with Gasteiger partial charge in [-0.25, -0.2) is 0 Å². The number of benzene rings is 1. The summed E-state index contributed by atoms with van der Waals surface area (Å²) in [6.07, 6.45) is 16.3. The summed E-state index contributed by atoms with van der Waals surface area (Å²) in [6, 6.07) is 11.5. The Hall–Kier alpha value is -1.19. The fourth-order valence-corrected chi connectivity index (χ4v) is 5.50. The van der Waals surface area contributed by atoms with Gasteiger partial charge in [-0.05, 0) is 75.8 Å². The Balaban J connectivity index is 1.44. The fourth-order valence-electron chi connectivity index (χ4n) is 4.64. The topological polar surface area (TPSA) is 6.48 Å². The van der Waals surface area contributed by atoms with Crippen molar-refractivity contribution in [2.45, 2.75) is 74.9 Å². The summed E-state index contributed by atoms with van der Waals surface area (Å²) >= 11 is 1.89. The highest BCUT2D eigenvalue weighted by atomic mass is 32.2. The largest absolute Gasteiger partial charge is 0.377 e. The van der Waals surface area contributed by atoms with Crippen LogP contribution in [0.25, 0.3) is 0 Å². The van der Waals surface area contributed by atoms with Gasteiger partial charge in [0.15, 0.2) is 0 Å². The van der Waals surface area contributed by atoms with Crippen molar-refractivity contribution in [1.29, 1.82) is 0 Å². The zero-order valence-corrected chi connectivity index (χ0v) is 17.0. The van der Waals surface area contributed by atoms with Crippen molar-refractivity contribution in [3.63, 3.8) is 0 Å². The van der Waals surface area contributed by atoms with Crippen LogP contribution in [0.1, 0.15) is 63.5 Å². The first-order valence-electron chi connectivity index (χ1n) is 10.3. The van der Waals surface area contributed by atoms with E-state index in [1.165, 1.54) is 60.4 Å². The van der Waals surface area contributed by atoms with E-state index >= 15 is 0 Å². The third kappa shape index (κ3) is 4.04. The monoisotopic (exact) mass is 368 g/mol. The Morgan fingerprint density at radius 2 is 1.81 bits per heavy atom. The zero-order chi connectivity index (χ0) is 17.9. The number of piperidine rings is 2. The molecule has 3 atom stereocenters. The second kappa shape index (κ2) is 8.22. The molecule has 0 radical (unpaired) electrons. The van der Waals surface area contributed by atoms with Crippen LogP contribution in [0.2, 0.25) is 0 Å². The summed E-state index contributed by atoms with van der Waals surface area (Å²) < 4.78 is 0. The van der Waals surface area contributed by atoms with E-state index in [2.05, 4.69) is 66.4 Å². The van der Waals surface area contributed by atoms with Crippen LogP contribution >= 0.6 is 11.8 Å². The molecule has 1 aromatic rings. The van der Waals surface area contributed by atoms with E-state index in [9.17, 15) is 0 Å². The SMILES string of the molecule is CC1CC=C(Sc2ccc(C3CCCC4CCCCN43)cc2)C=CN1C. The lowest BCUT2D eigenvalue weighted by Gasteiger charge is -2.45. The summed E-state index contributed by atoms with van der Waals surface area (Å²) in [5.41, 5.74) is 1.53. The Kier molecular flexibility index (Phi) is 5.75. The van der Waals surface area contributed by atoms with Crippen LogP contribution in [0.3, 0.4) is 0 Å². The van der Waals surface area contributed by atoms with E-state index < -0.39 is 0 Å². The summed E-state index contributed by atoms with van der Waals surface area (Å²) in [7, 11) is 2.16. The van der Waals surface area contributed by atoms with Crippen LogP contribution < -0.4 is 0 Å². The van der Waals surface area contributed by atoms with Gasteiger partial charge in [0.05, 0.1) is 0 Å². The molecule has 3 heterocycles. The molecule has 0 aromatic heterocycles. The van der Waals surface area contributed by atoms with Gasteiger partial charge in [0.25, 0.3) is 0 Å². The van der Waals surface area contributed by atoms with E-state index in [0.717, 1.165) is 12.5 Å². The van der Waals surface area contributed by atoms with Crippen molar-refractivity contribution in [3.8, 4) is 0 Å². The Morgan fingerprint density at radius 3 is 2.65 bits per heavy atom. The highest BCUT2D eigenvalue weighted by Crippen LogP contribution is 2.39. The molecule has 2 saturated heterocycles. The van der Waals surface area contributed by atoms with E-state index in [1.807, 2.05) is 11.8 Å². The molecular formula is C23H32N2S. The summed E-state index contributed by atoms with van der Waals surface area (Å²) in [5, 5.41) is 0. The van der Waals surface area contributed by atoms with E-state index in [0.29, 0.717) is 12.1 Å². The lowest BCUT2D eigenvalue weighted by molar-refractivity contribution is 0.0518. The first-order valence-corrected chi connectivity index (χ1v) is 11.2. The zero-order valence-electron chi connectivity index (χ0n) is 16.2. The third-order valence-electron chi connectivity index (χ3n) is 6.42. The lowest BCUT2D eigenvalue weighted by atomic mass is 9.86. The second-order valence-electron chi connectivity index (χ2n) is 8.18. The minimum Gasteiger partial charge on any atom is -0.377 e. The average Bonchev–Trinajstić information content (AvgIpc) is 2.84. The number of thioether (sulfide) groups is 1. The van der Waals surface area contributed by atoms with Gasteiger partial charge in [0.1, 0.15) is 0 Å². The van der Waals surface area contributed by atoms with E-state index in [1.54, 1.807) is 0 Å². The normalized spacial score (nSPS) is 29.8. The van der Waals surface area contributed by atoms with Gasteiger partial charge in [-0.15, -0.1) is 0 Å².